The van der Waals surface area contributed by atoms with E-state index < -0.39 is 0 Å². The average molecular weight is 368 g/mol. The van der Waals surface area contributed by atoms with Crippen LogP contribution < -0.4 is 20.1 Å². The first-order chi connectivity index (χ1) is 12.9. The molecule has 0 saturated carbocycles. The van der Waals surface area contributed by atoms with Crippen molar-refractivity contribution in [2.75, 3.05) is 30.4 Å². The topological polar surface area (TPSA) is 59.6 Å². The number of amides is 1. The van der Waals surface area contributed by atoms with Crippen LogP contribution in [0.4, 0.5) is 11.4 Å². The van der Waals surface area contributed by atoms with Crippen molar-refractivity contribution in [1.29, 1.82) is 0 Å². The number of hydrogen-bond acceptors (Lipinski definition) is 4. The largest absolute Gasteiger partial charge is 0.493 e. The van der Waals surface area contributed by atoms with E-state index >= 15 is 0 Å². The van der Waals surface area contributed by atoms with Crippen molar-refractivity contribution in [3.63, 3.8) is 0 Å². The maximum atomic E-state index is 12.2. The number of rotatable bonds is 10. The molecule has 0 radical (unpaired) electrons. The summed E-state index contributed by atoms with van der Waals surface area (Å²) in [6.07, 6.45) is 0. The average Bonchev–Trinajstić information content (AvgIpc) is 2.64. The molecule has 2 rings (SSSR count). The fraction of sp³-hybridized carbons (Fsp3) is 0.318. The lowest BCUT2D eigenvalue weighted by Crippen LogP contribution is -2.21. The van der Waals surface area contributed by atoms with Crippen molar-refractivity contribution >= 4 is 17.3 Å². The summed E-state index contributed by atoms with van der Waals surface area (Å²) in [6, 6.07) is 14.9. The summed E-state index contributed by atoms with van der Waals surface area (Å²) in [5.74, 6) is 1.84. The number of carbonyl (C=O) groups excluding carboxylic acids is 1. The summed E-state index contributed by atoms with van der Waals surface area (Å²) in [6.45, 7) is 11.2. The maximum absolute atomic E-state index is 12.2. The van der Waals surface area contributed by atoms with Crippen LogP contribution in [0.25, 0.3) is 0 Å². The Morgan fingerprint density at radius 1 is 1.04 bits per heavy atom. The lowest BCUT2D eigenvalue weighted by atomic mass is 10.2. The van der Waals surface area contributed by atoms with Gasteiger partial charge in [-0.3, -0.25) is 4.79 Å². The lowest BCUT2D eigenvalue weighted by molar-refractivity contribution is -0.114. The molecule has 0 aliphatic carbocycles. The first-order valence-corrected chi connectivity index (χ1v) is 9.06. The number of ether oxygens (including phenoxy) is 2. The summed E-state index contributed by atoms with van der Waals surface area (Å²) in [4.78, 5) is 12.2. The minimum absolute atomic E-state index is 0.126. The summed E-state index contributed by atoms with van der Waals surface area (Å²) >= 11 is 0. The molecule has 0 unspecified atom stereocenters. The van der Waals surface area contributed by atoms with E-state index in [1.54, 1.807) is 0 Å². The molecule has 2 N–H and O–H groups in total. The number of benzene rings is 2. The molecular formula is C22H28N2O3. The van der Waals surface area contributed by atoms with Gasteiger partial charge in [0.25, 0.3) is 0 Å². The Morgan fingerprint density at radius 3 is 2.44 bits per heavy atom. The van der Waals surface area contributed by atoms with E-state index in [4.69, 9.17) is 9.47 Å². The lowest BCUT2D eigenvalue weighted by Gasteiger charge is -2.11. The van der Waals surface area contributed by atoms with E-state index in [0.717, 1.165) is 22.8 Å². The minimum Gasteiger partial charge on any atom is -0.493 e. The summed E-state index contributed by atoms with van der Waals surface area (Å²) in [5.41, 5.74) is 2.53. The molecule has 5 nitrogen and oxygen atoms in total. The Kier molecular flexibility index (Phi) is 7.74. The van der Waals surface area contributed by atoms with Gasteiger partial charge in [-0.2, -0.15) is 0 Å². The zero-order chi connectivity index (χ0) is 19.6. The van der Waals surface area contributed by atoms with Gasteiger partial charge in [-0.05, 0) is 54.8 Å². The maximum Gasteiger partial charge on any atom is 0.243 e. The third-order valence-electron chi connectivity index (χ3n) is 3.49. The zero-order valence-electron chi connectivity index (χ0n) is 16.2. The van der Waals surface area contributed by atoms with E-state index in [-0.39, 0.29) is 12.5 Å². The van der Waals surface area contributed by atoms with Gasteiger partial charge in [-0.25, -0.2) is 0 Å². The molecule has 0 aliphatic rings. The standard InChI is InChI=1S/C22H28N2O3/c1-16(2)14-26-20-10-8-18(9-11-20)23-13-22(25)24-19-6-5-7-21(12-19)27-15-17(3)4/h5-12,17,23H,1,13-15H2,2-4H3,(H,24,25). The third-order valence-corrected chi connectivity index (χ3v) is 3.49. The fourth-order valence-corrected chi connectivity index (χ4v) is 2.19. The molecule has 5 heteroatoms. The Balaban J connectivity index is 1.80. The number of hydrogen-bond donors (Lipinski definition) is 2. The van der Waals surface area contributed by atoms with E-state index in [1.807, 2.05) is 55.5 Å². The monoisotopic (exact) mass is 368 g/mol. The Bertz CT molecular complexity index is 754. The highest BCUT2D eigenvalue weighted by Crippen LogP contribution is 2.19. The van der Waals surface area contributed by atoms with E-state index in [0.29, 0.717) is 24.8 Å². The second-order valence-corrected chi connectivity index (χ2v) is 6.90. The third kappa shape index (κ3) is 7.86. The molecule has 2 aromatic rings. The van der Waals surface area contributed by atoms with Crippen LogP contribution in [0.1, 0.15) is 20.8 Å². The SMILES string of the molecule is C=C(C)COc1ccc(NCC(=O)Nc2cccc(OCC(C)C)c2)cc1. The first-order valence-electron chi connectivity index (χ1n) is 9.06. The van der Waals surface area contributed by atoms with Crippen LogP contribution in [0.15, 0.2) is 60.7 Å². The molecule has 0 spiro atoms. The van der Waals surface area contributed by atoms with Gasteiger partial charge in [-0.15, -0.1) is 0 Å². The summed E-state index contributed by atoms with van der Waals surface area (Å²) in [5, 5.41) is 5.96. The highest BCUT2D eigenvalue weighted by molar-refractivity contribution is 5.93. The predicted octanol–water partition coefficient (Wildman–Crippen LogP) is 4.73. The molecule has 2 aromatic carbocycles. The molecule has 0 bridgehead atoms. The molecule has 0 fully saturated rings. The van der Waals surface area contributed by atoms with Crippen LogP contribution >= 0.6 is 0 Å². The van der Waals surface area contributed by atoms with Crippen LogP contribution in [0.3, 0.4) is 0 Å². The number of anilines is 2. The highest BCUT2D eigenvalue weighted by Gasteiger charge is 2.05. The van der Waals surface area contributed by atoms with Crippen molar-refractivity contribution < 1.29 is 14.3 Å². The molecular weight excluding hydrogens is 340 g/mol. The molecule has 1 amide bonds. The molecule has 0 atom stereocenters. The number of nitrogens with one attached hydrogen (secondary N) is 2. The van der Waals surface area contributed by atoms with E-state index in [9.17, 15) is 4.79 Å². The van der Waals surface area contributed by atoms with Crippen molar-refractivity contribution in [3.05, 3.63) is 60.7 Å². The van der Waals surface area contributed by atoms with Gasteiger partial charge in [0, 0.05) is 17.4 Å². The van der Waals surface area contributed by atoms with E-state index in [2.05, 4.69) is 31.1 Å². The van der Waals surface area contributed by atoms with Crippen LogP contribution in [-0.4, -0.2) is 25.7 Å². The van der Waals surface area contributed by atoms with Gasteiger partial charge in [-0.1, -0.05) is 26.5 Å². The van der Waals surface area contributed by atoms with Crippen LogP contribution in [0.5, 0.6) is 11.5 Å². The molecule has 0 aromatic heterocycles. The van der Waals surface area contributed by atoms with E-state index in [1.165, 1.54) is 0 Å². The van der Waals surface area contributed by atoms with Gasteiger partial charge in [0.15, 0.2) is 0 Å². The molecule has 0 aliphatic heterocycles. The molecule has 0 heterocycles. The normalized spacial score (nSPS) is 10.4. The fourth-order valence-electron chi connectivity index (χ4n) is 2.19. The smallest absolute Gasteiger partial charge is 0.243 e. The Hall–Kier alpha value is -2.95. The van der Waals surface area contributed by atoms with Gasteiger partial charge >= 0.3 is 0 Å². The Labute approximate surface area is 161 Å². The minimum atomic E-state index is -0.126. The van der Waals surface area contributed by atoms with Gasteiger partial charge in [0.2, 0.25) is 5.91 Å². The molecule has 144 valence electrons. The van der Waals surface area contributed by atoms with Crippen molar-refractivity contribution in [3.8, 4) is 11.5 Å². The van der Waals surface area contributed by atoms with Crippen molar-refractivity contribution in [2.24, 2.45) is 5.92 Å². The second kappa shape index (κ2) is 10.3. The van der Waals surface area contributed by atoms with Gasteiger partial charge in [0.1, 0.15) is 18.1 Å². The Morgan fingerprint density at radius 2 is 1.78 bits per heavy atom. The van der Waals surface area contributed by atoms with Gasteiger partial charge in [0.05, 0.1) is 13.2 Å². The summed E-state index contributed by atoms with van der Waals surface area (Å²) < 4.78 is 11.2. The van der Waals surface area contributed by atoms with Crippen LogP contribution in [-0.2, 0) is 4.79 Å². The second-order valence-electron chi connectivity index (χ2n) is 6.90. The van der Waals surface area contributed by atoms with Crippen molar-refractivity contribution in [2.45, 2.75) is 20.8 Å². The summed E-state index contributed by atoms with van der Waals surface area (Å²) in [7, 11) is 0. The highest BCUT2D eigenvalue weighted by atomic mass is 16.5. The van der Waals surface area contributed by atoms with Crippen LogP contribution in [0.2, 0.25) is 0 Å². The number of carbonyl (C=O) groups is 1. The first kappa shape index (κ1) is 20.4. The van der Waals surface area contributed by atoms with Crippen molar-refractivity contribution in [1.82, 2.24) is 0 Å². The van der Waals surface area contributed by atoms with Gasteiger partial charge < -0.3 is 20.1 Å². The zero-order valence-corrected chi connectivity index (χ0v) is 16.2. The van der Waals surface area contributed by atoms with Crippen LogP contribution in [0, 0.1) is 5.92 Å². The molecule has 0 saturated heterocycles. The quantitative estimate of drug-likeness (QED) is 0.596. The molecule has 27 heavy (non-hydrogen) atoms. The predicted molar refractivity (Wildman–Crippen MR) is 111 cm³/mol.